The second-order valence-electron chi connectivity index (χ2n) is 7.79. The number of amides is 3. The second kappa shape index (κ2) is 15.5. The molecule has 3 amide bonds. The van der Waals surface area contributed by atoms with Gasteiger partial charge in [-0.1, -0.05) is 82.1 Å². The first kappa shape index (κ1) is 26.8. The molecule has 1 aromatic carbocycles. The maximum atomic E-state index is 13.0. The molecule has 0 aromatic heterocycles. The van der Waals surface area contributed by atoms with E-state index in [9.17, 15) is 14.4 Å². The second-order valence-corrected chi connectivity index (χ2v) is 8.43. The fourth-order valence-corrected chi connectivity index (χ4v) is 3.33. The third-order valence-electron chi connectivity index (χ3n) is 5.06. The Morgan fingerprint density at radius 1 is 0.839 bits per heavy atom. The van der Waals surface area contributed by atoms with Crippen molar-refractivity contribution in [2.45, 2.75) is 71.8 Å². The van der Waals surface area contributed by atoms with Gasteiger partial charge in [0.2, 0.25) is 5.91 Å². The van der Waals surface area contributed by atoms with Crippen LogP contribution in [0.5, 0.6) is 0 Å². The summed E-state index contributed by atoms with van der Waals surface area (Å²) >= 11 is 5.31. The molecular formula is C24H37N3O3S. The fraction of sp³-hybridized carbons (Fsp3) is 0.583. The predicted molar refractivity (Wildman–Crippen MR) is 129 cm³/mol. The summed E-state index contributed by atoms with van der Waals surface area (Å²) in [5, 5.41) is 8.20. The van der Waals surface area contributed by atoms with Crippen molar-refractivity contribution in [3.05, 3.63) is 35.9 Å². The maximum absolute atomic E-state index is 13.0. The summed E-state index contributed by atoms with van der Waals surface area (Å²) in [6.45, 7) is 6.82. The lowest BCUT2D eigenvalue weighted by Gasteiger charge is -2.22. The van der Waals surface area contributed by atoms with Crippen molar-refractivity contribution < 1.29 is 14.4 Å². The highest BCUT2D eigenvalue weighted by Crippen LogP contribution is 2.12. The first-order valence-electron chi connectivity index (χ1n) is 11.3. The van der Waals surface area contributed by atoms with Crippen molar-refractivity contribution >= 4 is 34.8 Å². The van der Waals surface area contributed by atoms with Gasteiger partial charge < -0.3 is 16.0 Å². The van der Waals surface area contributed by atoms with E-state index in [1.54, 1.807) is 6.92 Å². The number of rotatable bonds is 15. The lowest BCUT2D eigenvalue weighted by molar-refractivity contribution is -0.137. The van der Waals surface area contributed by atoms with E-state index in [1.165, 1.54) is 0 Å². The third kappa shape index (κ3) is 10.5. The predicted octanol–water partition coefficient (Wildman–Crippen LogP) is 3.33. The molecular weight excluding hydrogens is 410 g/mol. The number of carbonyl (C=O) groups is 3. The lowest BCUT2D eigenvalue weighted by Crippen LogP contribution is -2.57. The van der Waals surface area contributed by atoms with E-state index in [1.807, 2.05) is 30.3 Å². The molecule has 1 rings (SSSR count). The van der Waals surface area contributed by atoms with Crippen molar-refractivity contribution in [1.82, 2.24) is 16.0 Å². The number of benzene rings is 1. The van der Waals surface area contributed by atoms with Crippen LogP contribution in [0.2, 0.25) is 0 Å². The largest absolute Gasteiger partial charge is 0.354 e. The van der Waals surface area contributed by atoms with Crippen molar-refractivity contribution in [2.75, 3.05) is 13.1 Å². The van der Waals surface area contributed by atoms with Gasteiger partial charge in [0.1, 0.15) is 0 Å². The summed E-state index contributed by atoms with van der Waals surface area (Å²) in [4.78, 5) is 38.9. The molecule has 7 heteroatoms. The van der Waals surface area contributed by atoms with Crippen LogP contribution in [0, 0.1) is 5.92 Å². The average Bonchev–Trinajstić information content (AvgIpc) is 2.76. The summed E-state index contributed by atoms with van der Waals surface area (Å²) in [5.74, 6) is -1.98. The summed E-state index contributed by atoms with van der Waals surface area (Å²) < 4.78 is 0. The van der Waals surface area contributed by atoms with Gasteiger partial charge in [-0.05, 0) is 31.7 Å². The van der Waals surface area contributed by atoms with Gasteiger partial charge in [0.25, 0.3) is 11.8 Å². The van der Waals surface area contributed by atoms with E-state index in [0.717, 1.165) is 44.1 Å². The quantitative estimate of drug-likeness (QED) is 0.219. The molecule has 0 heterocycles. The maximum Gasteiger partial charge on any atom is 0.252 e. The SMILES string of the molecule is CCCCCNC(=O)C(NC(=O)C(Cc1ccccc1)C(C)=S)C(=O)NCCCCC. The number of thiocarbonyl (C=S) groups is 1. The molecule has 0 aliphatic heterocycles. The molecule has 0 radical (unpaired) electrons. The van der Waals surface area contributed by atoms with Gasteiger partial charge in [-0.25, -0.2) is 0 Å². The first-order chi connectivity index (χ1) is 14.9. The van der Waals surface area contributed by atoms with Crippen molar-refractivity contribution in [2.24, 2.45) is 5.92 Å². The highest BCUT2D eigenvalue weighted by atomic mass is 32.1. The Balaban J connectivity index is 2.85. The minimum atomic E-state index is -1.27. The standard InChI is InChI=1S/C24H37N3O3S/c1-4-6-11-15-25-23(29)21(24(30)26-16-12-7-5-2)27-22(28)20(18(3)31)17-19-13-9-8-10-14-19/h8-10,13-14,20-21H,4-7,11-12,15-17H2,1-3H3,(H,25,29)(H,26,30)(H,27,28). The molecule has 31 heavy (non-hydrogen) atoms. The highest BCUT2D eigenvalue weighted by Gasteiger charge is 2.31. The van der Waals surface area contributed by atoms with E-state index in [-0.39, 0.29) is 0 Å². The summed E-state index contributed by atoms with van der Waals surface area (Å²) in [7, 11) is 0. The van der Waals surface area contributed by atoms with E-state index in [2.05, 4.69) is 29.8 Å². The van der Waals surface area contributed by atoms with Crippen LogP contribution in [0.3, 0.4) is 0 Å². The van der Waals surface area contributed by atoms with Crippen LogP contribution in [0.4, 0.5) is 0 Å². The van der Waals surface area contributed by atoms with Crippen molar-refractivity contribution in [1.29, 1.82) is 0 Å². The average molecular weight is 448 g/mol. The number of nitrogens with one attached hydrogen (secondary N) is 3. The van der Waals surface area contributed by atoms with Gasteiger partial charge in [0, 0.05) is 18.0 Å². The minimum Gasteiger partial charge on any atom is -0.354 e. The van der Waals surface area contributed by atoms with Crippen LogP contribution in [-0.4, -0.2) is 41.7 Å². The van der Waals surface area contributed by atoms with Crippen LogP contribution in [0.1, 0.15) is 64.9 Å². The zero-order valence-electron chi connectivity index (χ0n) is 19.0. The van der Waals surface area contributed by atoms with E-state index in [4.69, 9.17) is 12.2 Å². The molecule has 0 saturated heterocycles. The number of hydrogen-bond donors (Lipinski definition) is 3. The normalized spacial score (nSPS) is 11.6. The van der Waals surface area contributed by atoms with Gasteiger partial charge >= 0.3 is 0 Å². The summed E-state index contributed by atoms with van der Waals surface area (Å²) in [6.07, 6.45) is 6.12. The van der Waals surface area contributed by atoms with Gasteiger partial charge in [-0.3, -0.25) is 14.4 Å². The van der Waals surface area contributed by atoms with Gasteiger partial charge in [0.05, 0.1) is 5.92 Å². The highest BCUT2D eigenvalue weighted by molar-refractivity contribution is 7.80. The molecule has 0 saturated carbocycles. The van der Waals surface area contributed by atoms with E-state index < -0.39 is 29.7 Å². The third-order valence-corrected chi connectivity index (χ3v) is 5.34. The Morgan fingerprint density at radius 3 is 1.81 bits per heavy atom. The molecule has 172 valence electrons. The van der Waals surface area contributed by atoms with Crippen LogP contribution in [-0.2, 0) is 20.8 Å². The Morgan fingerprint density at radius 2 is 1.35 bits per heavy atom. The van der Waals surface area contributed by atoms with Crippen LogP contribution in [0.25, 0.3) is 0 Å². The number of unbranched alkanes of at least 4 members (excludes halogenated alkanes) is 4. The monoisotopic (exact) mass is 447 g/mol. The smallest absolute Gasteiger partial charge is 0.252 e. The molecule has 6 nitrogen and oxygen atoms in total. The van der Waals surface area contributed by atoms with Gasteiger partial charge in [0.15, 0.2) is 6.04 Å². The van der Waals surface area contributed by atoms with Crippen LogP contribution >= 0.6 is 12.2 Å². The molecule has 0 aliphatic carbocycles. The van der Waals surface area contributed by atoms with E-state index >= 15 is 0 Å². The molecule has 1 atom stereocenters. The lowest BCUT2D eigenvalue weighted by atomic mass is 9.95. The molecule has 0 bridgehead atoms. The van der Waals surface area contributed by atoms with Crippen molar-refractivity contribution in [3.8, 4) is 0 Å². The molecule has 3 N–H and O–H groups in total. The Bertz CT molecular complexity index is 685. The van der Waals surface area contributed by atoms with E-state index in [0.29, 0.717) is 24.4 Å². The molecule has 0 aliphatic rings. The fourth-order valence-electron chi connectivity index (χ4n) is 3.14. The summed E-state index contributed by atoms with van der Waals surface area (Å²) in [5.41, 5.74) is 0.969. The topological polar surface area (TPSA) is 87.3 Å². The molecule has 0 fully saturated rings. The Hall–Kier alpha value is -2.28. The van der Waals surface area contributed by atoms with Gasteiger partial charge in [-0.2, -0.15) is 0 Å². The molecule has 1 aromatic rings. The number of carbonyl (C=O) groups excluding carboxylic acids is 3. The minimum absolute atomic E-state index is 0.409. The first-order valence-corrected chi connectivity index (χ1v) is 11.7. The number of hydrogen-bond acceptors (Lipinski definition) is 4. The molecule has 1 unspecified atom stereocenters. The Labute approximate surface area is 191 Å². The van der Waals surface area contributed by atoms with Crippen LogP contribution < -0.4 is 16.0 Å². The van der Waals surface area contributed by atoms with Gasteiger partial charge in [-0.15, -0.1) is 0 Å². The zero-order valence-corrected chi connectivity index (χ0v) is 19.9. The van der Waals surface area contributed by atoms with Crippen molar-refractivity contribution in [3.63, 3.8) is 0 Å². The zero-order chi connectivity index (χ0) is 23.1. The molecule has 0 spiro atoms. The Kier molecular flexibility index (Phi) is 13.4. The van der Waals surface area contributed by atoms with Crippen LogP contribution in [0.15, 0.2) is 30.3 Å². The summed E-state index contributed by atoms with van der Waals surface area (Å²) in [6, 6.07) is 8.29.